The minimum Gasteiger partial charge on any atom is -0.461 e. The summed E-state index contributed by atoms with van der Waals surface area (Å²) in [5, 5.41) is 3.23. The van der Waals surface area contributed by atoms with E-state index in [1.807, 2.05) is 6.92 Å². The van der Waals surface area contributed by atoms with Crippen LogP contribution in [0.25, 0.3) is 0 Å². The van der Waals surface area contributed by atoms with Crippen molar-refractivity contribution in [1.82, 2.24) is 5.32 Å². The SMILES string of the molecule is CC1(C(=O)OC2CCCC2)CCCN1. The lowest BCUT2D eigenvalue weighted by molar-refractivity contribution is -0.155. The molecule has 0 radical (unpaired) electrons. The van der Waals surface area contributed by atoms with E-state index in [1.54, 1.807) is 0 Å². The van der Waals surface area contributed by atoms with E-state index in [1.165, 1.54) is 12.8 Å². The Hall–Kier alpha value is -0.570. The van der Waals surface area contributed by atoms with Crippen molar-refractivity contribution in [3.63, 3.8) is 0 Å². The van der Waals surface area contributed by atoms with E-state index in [4.69, 9.17) is 4.74 Å². The highest BCUT2D eigenvalue weighted by molar-refractivity contribution is 5.80. The summed E-state index contributed by atoms with van der Waals surface area (Å²) in [4.78, 5) is 11.8. The Morgan fingerprint density at radius 1 is 1.36 bits per heavy atom. The first-order valence-electron chi connectivity index (χ1n) is 5.67. The van der Waals surface area contributed by atoms with Crippen LogP contribution in [0, 0.1) is 0 Å². The third-order valence-corrected chi connectivity index (χ3v) is 3.40. The van der Waals surface area contributed by atoms with Gasteiger partial charge in [-0.3, -0.25) is 4.79 Å². The van der Waals surface area contributed by atoms with Crippen LogP contribution in [-0.4, -0.2) is 24.2 Å². The molecule has 0 aromatic heterocycles. The molecule has 1 unspecified atom stereocenters. The van der Waals surface area contributed by atoms with Crippen molar-refractivity contribution in [3.05, 3.63) is 0 Å². The fourth-order valence-electron chi connectivity index (χ4n) is 2.36. The molecule has 2 rings (SSSR count). The summed E-state index contributed by atoms with van der Waals surface area (Å²) in [6.45, 7) is 2.90. The predicted octanol–water partition coefficient (Wildman–Crippen LogP) is 1.61. The molecule has 1 aliphatic carbocycles. The summed E-state index contributed by atoms with van der Waals surface area (Å²) in [6.07, 6.45) is 6.73. The zero-order chi connectivity index (χ0) is 10.0. The Bertz CT molecular complexity index is 215. The van der Waals surface area contributed by atoms with Gasteiger partial charge in [-0.15, -0.1) is 0 Å². The molecule has 1 aliphatic heterocycles. The molecular weight excluding hydrogens is 178 g/mol. The minimum absolute atomic E-state index is 0.0399. The molecule has 0 spiro atoms. The summed E-state index contributed by atoms with van der Waals surface area (Å²) >= 11 is 0. The average molecular weight is 197 g/mol. The molecule has 2 aliphatic rings. The molecular formula is C11H19NO2. The van der Waals surface area contributed by atoms with Crippen LogP contribution >= 0.6 is 0 Å². The average Bonchev–Trinajstić information content (AvgIpc) is 2.76. The predicted molar refractivity (Wildman–Crippen MR) is 54.0 cm³/mol. The molecule has 1 N–H and O–H groups in total. The van der Waals surface area contributed by atoms with E-state index in [9.17, 15) is 4.79 Å². The van der Waals surface area contributed by atoms with Gasteiger partial charge in [-0.1, -0.05) is 0 Å². The van der Waals surface area contributed by atoms with Crippen molar-refractivity contribution in [3.8, 4) is 0 Å². The van der Waals surface area contributed by atoms with Crippen molar-refractivity contribution >= 4 is 5.97 Å². The van der Waals surface area contributed by atoms with Crippen LogP contribution in [0.2, 0.25) is 0 Å². The zero-order valence-corrected chi connectivity index (χ0v) is 8.84. The van der Waals surface area contributed by atoms with Gasteiger partial charge in [0, 0.05) is 0 Å². The minimum atomic E-state index is -0.400. The number of hydrogen-bond acceptors (Lipinski definition) is 3. The quantitative estimate of drug-likeness (QED) is 0.683. The summed E-state index contributed by atoms with van der Waals surface area (Å²) in [5.41, 5.74) is -0.400. The van der Waals surface area contributed by atoms with Crippen molar-refractivity contribution in [2.45, 2.75) is 57.1 Å². The summed E-state index contributed by atoms with van der Waals surface area (Å²) < 4.78 is 5.50. The Morgan fingerprint density at radius 3 is 2.64 bits per heavy atom. The molecule has 3 heteroatoms. The van der Waals surface area contributed by atoms with Crippen LogP contribution in [0.4, 0.5) is 0 Å². The number of carbonyl (C=O) groups excluding carboxylic acids is 1. The Labute approximate surface area is 85.2 Å². The Kier molecular flexibility index (Phi) is 2.77. The van der Waals surface area contributed by atoms with Gasteiger partial charge in [-0.25, -0.2) is 0 Å². The molecule has 1 saturated carbocycles. The van der Waals surface area contributed by atoms with Crippen LogP contribution in [0.1, 0.15) is 45.4 Å². The van der Waals surface area contributed by atoms with Gasteiger partial charge in [0.15, 0.2) is 0 Å². The molecule has 0 aromatic carbocycles. The lowest BCUT2D eigenvalue weighted by Gasteiger charge is -2.24. The smallest absolute Gasteiger partial charge is 0.326 e. The van der Waals surface area contributed by atoms with Gasteiger partial charge in [0.2, 0.25) is 0 Å². The molecule has 2 fully saturated rings. The highest BCUT2D eigenvalue weighted by Gasteiger charge is 2.38. The lowest BCUT2D eigenvalue weighted by Crippen LogP contribution is -2.46. The summed E-state index contributed by atoms with van der Waals surface area (Å²) in [5.74, 6) is -0.0399. The second kappa shape index (κ2) is 3.89. The van der Waals surface area contributed by atoms with Gasteiger partial charge in [-0.2, -0.15) is 0 Å². The number of ether oxygens (including phenoxy) is 1. The largest absolute Gasteiger partial charge is 0.461 e. The number of nitrogens with one attached hydrogen (secondary N) is 1. The first kappa shape index (κ1) is 9.97. The number of esters is 1. The monoisotopic (exact) mass is 197 g/mol. The molecule has 1 saturated heterocycles. The van der Waals surface area contributed by atoms with E-state index < -0.39 is 5.54 Å². The summed E-state index contributed by atoms with van der Waals surface area (Å²) in [6, 6.07) is 0. The van der Waals surface area contributed by atoms with E-state index in [0.29, 0.717) is 0 Å². The van der Waals surface area contributed by atoms with Crippen LogP contribution in [-0.2, 0) is 9.53 Å². The van der Waals surface area contributed by atoms with Crippen molar-refractivity contribution < 1.29 is 9.53 Å². The molecule has 0 bridgehead atoms. The Balaban J connectivity index is 1.87. The maximum atomic E-state index is 11.8. The molecule has 1 atom stereocenters. The zero-order valence-electron chi connectivity index (χ0n) is 8.84. The van der Waals surface area contributed by atoms with Crippen LogP contribution in [0.3, 0.4) is 0 Å². The van der Waals surface area contributed by atoms with E-state index >= 15 is 0 Å². The maximum Gasteiger partial charge on any atom is 0.326 e. The highest BCUT2D eigenvalue weighted by atomic mass is 16.5. The topological polar surface area (TPSA) is 38.3 Å². The van der Waals surface area contributed by atoms with Gasteiger partial charge in [-0.05, 0) is 52.0 Å². The number of hydrogen-bond donors (Lipinski definition) is 1. The molecule has 3 nitrogen and oxygen atoms in total. The second-order valence-electron chi connectivity index (χ2n) is 4.67. The fourth-order valence-corrected chi connectivity index (χ4v) is 2.36. The third-order valence-electron chi connectivity index (χ3n) is 3.40. The first-order valence-corrected chi connectivity index (χ1v) is 5.67. The van der Waals surface area contributed by atoms with Crippen molar-refractivity contribution in [2.24, 2.45) is 0 Å². The standard InChI is InChI=1S/C11H19NO2/c1-11(7-4-8-12-11)10(13)14-9-5-2-3-6-9/h9,12H,2-8H2,1H3. The van der Waals surface area contributed by atoms with E-state index in [0.717, 1.165) is 32.2 Å². The number of carbonyl (C=O) groups is 1. The highest BCUT2D eigenvalue weighted by Crippen LogP contribution is 2.25. The van der Waals surface area contributed by atoms with Crippen LogP contribution < -0.4 is 5.32 Å². The van der Waals surface area contributed by atoms with E-state index in [2.05, 4.69) is 5.32 Å². The van der Waals surface area contributed by atoms with E-state index in [-0.39, 0.29) is 12.1 Å². The van der Waals surface area contributed by atoms with Gasteiger partial charge >= 0.3 is 5.97 Å². The van der Waals surface area contributed by atoms with Gasteiger partial charge in [0.1, 0.15) is 11.6 Å². The fraction of sp³-hybridized carbons (Fsp3) is 0.909. The maximum absolute atomic E-state index is 11.8. The van der Waals surface area contributed by atoms with Crippen LogP contribution in [0.15, 0.2) is 0 Å². The first-order chi connectivity index (χ1) is 6.71. The number of rotatable bonds is 2. The van der Waals surface area contributed by atoms with Crippen molar-refractivity contribution in [2.75, 3.05) is 6.54 Å². The van der Waals surface area contributed by atoms with Crippen molar-refractivity contribution in [1.29, 1.82) is 0 Å². The Morgan fingerprint density at radius 2 is 2.07 bits per heavy atom. The van der Waals surface area contributed by atoms with Gasteiger partial charge in [0.05, 0.1) is 0 Å². The molecule has 80 valence electrons. The molecule has 14 heavy (non-hydrogen) atoms. The third kappa shape index (κ3) is 1.92. The molecule has 0 amide bonds. The summed E-state index contributed by atoms with van der Waals surface area (Å²) in [7, 11) is 0. The van der Waals surface area contributed by atoms with Crippen LogP contribution in [0.5, 0.6) is 0 Å². The molecule has 1 heterocycles. The van der Waals surface area contributed by atoms with Gasteiger partial charge < -0.3 is 10.1 Å². The molecule has 0 aromatic rings. The van der Waals surface area contributed by atoms with Gasteiger partial charge in [0.25, 0.3) is 0 Å². The lowest BCUT2D eigenvalue weighted by atomic mass is 10.0. The second-order valence-corrected chi connectivity index (χ2v) is 4.67. The normalized spacial score (nSPS) is 33.5.